The molecule has 5 heteroatoms. The van der Waals surface area contributed by atoms with Crippen molar-refractivity contribution in [3.8, 4) is 0 Å². The van der Waals surface area contributed by atoms with E-state index >= 15 is 0 Å². The fourth-order valence-corrected chi connectivity index (χ4v) is 3.73. The van der Waals surface area contributed by atoms with Crippen LogP contribution in [0, 0.1) is 6.92 Å². The molecule has 0 radical (unpaired) electrons. The lowest BCUT2D eigenvalue weighted by Gasteiger charge is -2.19. The lowest BCUT2D eigenvalue weighted by Crippen LogP contribution is -2.24. The van der Waals surface area contributed by atoms with Crippen molar-refractivity contribution >= 4 is 23.5 Å². The van der Waals surface area contributed by atoms with Crippen LogP contribution in [0.25, 0.3) is 0 Å². The van der Waals surface area contributed by atoms with Gasteiger partial charge < -0.3 is 0 Å². The molecule has 0 aliphatic rings. The molecule has 23 heavy (non-hydrogen) atoms. The third-order valence-electron chi connectivity index (χ3n) is 3.85. The topological polar surface area (TPSA) is 34.9 Å². The Labute approximate surface area is 146 Å². The van der Waals surface area contributed by atoms with Gasteiger partial charge in [0.05, 0.1) is 5.69 Å². The normalized spacial score (nSPS) is 11.7. The van der Waals surface area contributed by atoms with Gasteiger partial charge in [0.1, 0.15) is 0 Å². The van der Waals surface area contributed by atoms with Gasteiger partial charge >= 0.3 is 0 Å². The summed E-state index contributed by atoms with van der Waals surface area (Å²) in [4.78, 5) is 18.1. The number of thioether (sulfide) groups is 2. The molecule has 3 nitrogen and oxygen atoms in total. The van der Waals surface area contributed by atoms with Crippen LogP contribution in [0.3, 0.4) is 0 Å². The first-order valence-corrected chi connectivity index (χ1v) is 9.79. The molecule has 0 aliphatic carbocycles. The lowest BCUT2D eigenvalue weighted by molar-refractivity contribution is 0.590. The molecule has 0 saturated carbocycles. The number of aromatic nitrogens is 2. The molecule has 1 aromatic carbocycles. The predicted octanol–water partition coefficient (Wildman–Crippen LogP) is 4.40. The Morgan fingerprint density at radius 2 is 1.78 bits per heavy atom. The summed E-state index contributed by atoms with van der Waals surface area (Å²) < 4.78 is 1.62. The van der Waals surface area contributed by atoms with Crippen molar-refractivity contribution in [3.05, 3.63) is 51.4 Å². The number of nitrogens with zero attached hydrogens (tertiary/aromatic N) is 2. The smallest absolute Gasteiger partial charge is 0.257 e. The molecule has 2 aromatic rings. The number of hydrogen-bond donors (Lipinski definition) is 0. The SMILES string of the molecule is CSc1nc(CSc2ccc(C(C)(C)C)cc2)c(C)c(=O)n1C. The monoisotopic (exact) mass is 348 g/mol. The van der Waals surface area contributed by atoms with E-state index in [1.807, 2.05) is 13.2 Å². The molecule has 0 fully saturated rings. The van der Waals surface area contributed by atoms with Crippen molar-refractivity contribution in [2.24, 2.45) is 7.05 Å². The zero-order valence-corrected chi connectivity index (χ0v) is 16.3. The Bertz CT molecular complexity index is 743. The maximum Gasteiger partial charge on any atom is 0.257 e. The van der Waals surface area contributed by atoms with Gasteiger partial charge in [-0.1, -0.05) is 44.7 Å². The molecular formula is C18H24N2OS2. The molecule has 0 unspecified atom stereocenters. The van der Waals surface area contributed by atoms with Crippen LogP contribution in [0.1, 0.15) is 37.6 Å². The van der Waals surface area contributed by atoms with Crippen LogP contribution in [0.2, 0.25) is 0 Å². The maximum absolute atomic E-state index is 12.2. The maximum atomic E-state index is 12.2. The van der Waals surface area contributed by atoms with Crippen molar-refractivity contribution in [1.82, 2.24) is 9.55 Å². The van der Waals surface area contributed by atoms with E-state index in [1.165, 1.54) is 22.2 Å². The lowest BCUT2D eigenvalue weighted by atomic mass is 9.87. The molecule has 0 aliphatic heterocycles. The first kappa shape index (κ1) is 18.1. The van der Waals surface area contributed by atoms with Gasteiger partial charge in [0.15, 0.2) is 5.16 Å². The van der Waals surface area contributed by atoms with E-state index in [4.69, 9.17) is 0 Å². The van der Waals surface area contributed by atoms with Gasteiger partial charge in [0, 0.05) is 23.3 Å². The Morgan fingerprint density at radius 1 is 1.17 bits per heavy atom. The minimum absolute atomic E-state index is 0.0445. The van der Waals surface area contributed by atoms with Gasteiger partial charge in [-0.3, -0.25) is 9.36 Å². The first-order valence-electron chi connectivity index (χ1n) is 7.58. The molecule has 0 bridgehead atoms. The van der Waals surface area contributed by atoms with Crippen molar-refractivity contribution in [1.29, 1.82) is 0 Å². The van der Waals surface area contributed by atoms with Gasteiger partial charge in [0.25, 0.3) is 5.56 Å². The van der Waals surface area contributed by atoms with E-state index in [9.17, 15) is 4.79 Å². The largest absolute Gasteiger partial charge is 0.291 e. The highest BCUT2D eigenvalue weighted by Gasteiger charge is 2.14. The van der Waals surface area contributed by atoms with Crippen molar-refractivity contribution in [3.63, 3.8) is 0 Å². The van der Waals surface area contributed by atoms with Crippen LogP contribution in [-0.4, -0.2) is 15.8 Å². The summed E-state index contributed by atoms with van der Waals surface area (Å²) in [7, 11) is 1.77. The predicted molar refractivity (Wildman–Crippen MR) is 101 cm³/mol. The molecule has 0 saturated heterocycles. The summed E-state index contributed by atoms with van der Waals surface area (Å²) in [6.07, 6.45) is 1.94. The van der Waals surface area contributed by atoms with Crippen LogP contribution in [0.15, 0.2) is 39.1 Å². The van der Waals surface area contributed by atoms with Crippen molar-refractivity contribution < 1.29 is 0 Å². The highest BCUT2D eigenvalue weighted by Crippen LogP contribution is 2.27. The van der Waals surface area contributed by atoms with Crippen LogP contribution in [0.4, 0.5) is 0 Å². The summed E-state index contributed by atoms with van der Waals surface area (Å²) >= 11 is 3.22. The van der Waals surface area contributed by atoms with Crippen LogP contribution >= 0.6 is 23.5 Å². The Hall–Kier alpha value is -1.20. The second kappa shape index (κ2) is 7.14. The molecule has 2 rings (SSSR count). The molecule has 0 amide bonds. The van der Waals surface area contributed by atoms with Crippen LogP contribution < -0.4 is 5.56 Å². The zero-order chi connectivity index (χ0) is 17.2. The Morgan fingerprint density at radius 3 is 2.30 bits per heavy atom. The van der Waals surface area contributed by atoms with Crippen LogP contribution in [0.5, 0.6) is 0 Å². The highest BCUT2D eigenvalue weighted by molar-refractivity contribution is 7.98. The Balaban J connectivity index is 2.18. The fraction of sp³-hybridized carbons (Fsp3) is 0.444. The Kier molecular flexibility index (Phi) is 5.63. The summed E-state index contributed by atoms with van der Waals surface area (Å²) in [5, 5.41) is 0.763. The van der Waals surface area contributed by atoms with E-state index in [1.54, 1.807) is 23.4 Å². The van der Waals surface area contributed by atoms with Gasteiger partial charge in [-0.25, -0.2) is 4.98 Å². The number of benzene rings is 1. The molecule has 0 spiro atoms. The molecule has 1 heterocycles. The minimum atomic E-state index is 0.0445. The summed E-state index contributed by atoms with van der Waals surface area (Å²) in [6, 6.07) is 8.66. The van der Waals surface area contributed by atoms with Gasteiger partial charge in [0.2, 0.25) is 0 Å². The standard InChI is InChI=1S/C18H24N2OS2/c1-12-15(19-17(22-6)20(5)16(12)21)11-23-14-9-7-13(8-10-14)18(2,3)4/h7-10H,11H2,1-6H3. The van der Waals surface area contributed by atoms with E-state index in [0.29, 0.717) is 5.75 Å². The van der Waals surface area contributed by atoms with Gasteiger partial charge in [-0.2, -0.15) is 0 Å². The molecule has 0 N–H and O–H groups in total. The van der Waals surface area contributed by atoms with E-state index < -0.39 is 0 Å². The van der Waals surface area contributed by atoms with Gasteiger partial charge in [-0.05, 0) is 36.3 Å². The summed E-state index contributed by atoms with van der Waals surface area (Å²) in [5.74, 6) is 0.713. The average Bonchev–Trinajstić information content (AvgIpc) is 2.51. The molecule has 1 aromatic heterocycles. The van der Waals surface area contributed by atoms with E-state index in [-0.39, 0.29) is 11.0 Å². The second-order valence-electron chi connectivity index (χ2n) is 6.60. The van der Waals surface area contributed by atoms with Crippen LogP contribution in [-0.2, 0) is 18.2 Å². The summed E-state index contributed by atoms with van der Waals surface area (Å²) in [5.41, 5.74) is 3.16. The van der Waals surface area contributed by atoms with E-state index in [0.717, 1.165) is 16.4 Å². The summed E-state index contributed by atoms with van der Waals surface area (Å²) in [6.45, 7) is 8.50. The molecule has 0 atom stereocenters. The fourth-order valence-electron chi connectivity index (χ4n) is 2.26. The minimum Gasteiger partial charge on any atom is -0.291 e. The van der Waals surface area contributed by atoms with Gasteiger partial charge in [-0.15, -0.1) is 11.8 Å². The zero-order valence-electron chi connectivity index (χ0n) is 14.6. The number of rotatable bonds is 4. The van der Waals surface area contributed by atoms with E-state index in [2.05, 4.69) is 50.0 Å². The third kappa shape index (κ3) is 4.21. The van der Waals surface area contributed by atoms with Crippen molar-refractivity contribution in [2.45, 2.75) is 48.9 Å². The molecular weight excluding hydrogens is 324 g/mol. The third-order valence-corrected chi connectivity index (χ3v) is 5.61. The quantitative estimate of drug-likeness (QED) is 0.606. The molecule has 124 valence electrons. The highest BCUT2D eigenvalue weighted by atomic mass is 32.2. The number of hydrogen-bond acceptors (Lipinski definition) is 4. The average molecular weight is 349 g/mol. The second-order valence-corrected chi connectivity index (χ2v) is 8.42. The first-order chi connectivity index (χ1) is 10.7. The van der Waals surface area contributed by atoms with Crippen molar-refractivity contribution in [2.75, 3.05) is 6.26 Å².